The average molecular weight is 410 g/mol. The molecule has 0 saturated heterocycles. The lowest BCUT2D eigenvalue weighted by molar-refractivity contribution is 0.200. The van der Waals surface area contributed by atoms with Crippen LogP contribution in [0.3, 0.4) is 0 Å². The molecule has 30 heavy (non-hydrogen) atoms. The van der Waals surface area contributed by atoms with Gasteiger partial charge in [0.25, 0.3) is 0 Å². The van der Waals surface area contributed by atoms with E-state index in [9.17, 15) is 0 Å². The number of nitrogens with one attached hydrogen (secondary N) is 1. The van der Waals surface area contributed by atoms with Gasteiger partial charge in [0.15, 0.2) is 22.6 Å². The van der Waals surface area contributed by atoms with Crippen LogP contribution in [0.2, 0.25) is 0 Å². The summed E-state index contributed by atoms with van der Waals surface area (Å²) in [4.78, 5) is 17.4. The molecule has 0 atom stereocenters. The maximum absolute atomic E-state index is 6.26. The molecule has 0 spiro atoms. The third-order valence-electron chi connectivity index (χ3n) is 5.55. The van der Waals surface area contributed by atoms with Crippen molar-refractivity contribution in [3.05, 3.63) is 41.4 Å². The number of hydrogen-bond donors (Lipinski definition) is 1. The molecular weight excluding hydrogens is 378 g/mol. The molecule has 0 bridgehead atoms. The van der Waals surface area contributed by atoms with E-state index in [1.807, 2.05) is 19.3 Å². The summed E-state index contributed by atoms with van der Waals surface area (Å²) in [5.74, 6) is 2.83. The van der Waals surface area contributed by atoms with Gasteiger partial charge in [-0.3, -0.25) is 4.99 Å². The van der Waals surface area contributed by atoms with Gasteiger partial charge in [-0.1, -0.05) is 19.9 Å². The van der Waals surface area contributed by atoms with E-state index in [-0.39, 0.29) is 6.10 Å². The topological polar surface area (TPSA) is 77.3 Å². The second kappa shape index (κ2) is 8.90. The lowest BCUT2D eigenvalue weighted by atomic mass is 10.2. The number of imidazole rings is 1. The lowest BCUT2D eigenvalue weighted by Crippen LogP contribution is -2.15. The average Bonchev–Trinajstić information content (AvgIpc) is 3.40. The summed E-state index contributed by atoms with van der Waals surface area (Å²) in [6, 6.07) is 6.13. The number of H-pyrrole nitrogens is 1. The number of benzene rings is 1. The van der Waals surface area contributed by atoms with Crippen LogP contribution < -0.4 is 15.0 Å². The molecule has 4 rings (SSSR count). The van der Waals surface area contributed by atoms with E-state index in [0.717, 1.165) is 46.9 Å². The molecule has 1 aliphatic rings. The van der Waals surface area contributed by atoms with E-state index in [0.29, 0.717) is 24.5 Å². The number of fused-ring (bicyclic) bond motifs is 1. The predicted octanol–water partition coefficient (Wildman–Crippen LogP) is 4.18. The number of methoxy groups -OCH3 is 1. The van der Waals surface area contributed by atoms with Crippen LogP contribution in [0, 0.1) is 0 Å². The Bertz CT molecular complexity index is 1080. The van der Waals surface area contributed by atoms with Gasteiger partial charge < -0.3 is 19.0 Å². The minimum Gasteiger partial charge on any atom is -0.493 e. The number of aromatic amines is 1. The van der Waals surface area contributed by atoms with Crippen LogP contribution in [0.25, 0.3) is 11.2 Å². The fourth-order valence-electron chi connectivity index (χ4n) is 3.94. The van der Waals surface area contributed by atoms with Crippen LogP contribution in [-0.4, -0.2) is 39.3 Å². The first kappa shape index (κ1) is 20.4. The van der Waals surface area contributed by atoms with E-state index in [2.05, 4.69) is 45.5 Å². The second-order valence-corrected chi connectivity index (χ2v) is 8.16. The molecule has 0 unspecified atom stereocenters. The molecule has 0 aliphatic heterocycles. The molecule has 0 radical (unpaired) electrons. The van der Waals surface area contributed by atoms with Crippen LogP contribution in [0.15, 0.2) is 29.5 Å². The van der Waals surface area contributed by atoms with Crippen LogP contribution in [-0.2, 0) is 6.54 Å². The summed E-state index contributed by atoms with van der Waals surface area (Å²) in [7, 11) is 1.69. The van der Waals surface area contributed by atoms with Crippen molar-refractivity contribution in [2.45, 2.75) is 65.0 Å². The lowest BCUT2D eigenvalue weighted by Gasteiger charge is -2.17. The summed E-state index contributed by atoms with van der Waals surface area (Å²) >= 11 is 0. The Morgan fingerprint density at radius 1 is 1.23 bits per heavy atom. The van der Waals surface area contributed by atoms with Gasteiger partial charge in [-0.2, -0.15) is 0 Å². The molecular formula is C23H31N5O2. The number of rotatable bonds is 7. The van der Waals surface area contributed by atoms with Gasteiger partial charge >= 0.3 is 0 Å². The Kier molecular flexibility index (Phi) is 6.06. The van der Waals surface area contributed by atoms with E-state index in [4.69, 9.17) is 14.5 Å². The summed E-state index contributed by atoms with van der Waals surface area (Å²) in [6.45, 7) is 7.59. The predicted molar refractivity (Wildman–Crippen MR) is 117 cm³/mol. The van der Waals surface area contributed by atoms with Crippen molar-refractivity contribution in [1.29, 1.82) is 0 Å². The van der Waals surface area contributed by atoms with Crippen LogP contribution in [0.4, 0.5) is 0 Å². The van der Waals surface area contributed by atoms with Crippen molar-refractivity contribution in [1.82, 2.24) is 19.5 Å². The normalized spacial score (nSPS) is 15.4. The molecule has 2 heterocycles. The third kappa shape index (κ3) is 4.20. The van der Waals surface area contributed by atoms with Gasteiger partial charge in [-0.15, -0.1) is 0 Å². The monoisotopic (exact) mass is 409 g/mol. The number of ether oxygens (including phenoxy) is 2. The molecule has 1 N–H and O–H groups in total. The third-order valence-corrected chi connectivity index (χ3v) is 5.55. The molecule has 0 amide bonds. The largest absolute Gasteiger partial charge is 0.493 e. The summed E-state index contributed by atoms with van der Waals surface area (Å²) in [5.41, 5.74) is 3.59. The highest BCUT2D eigenvalue weighted by atomic mass is 16.5. The second-order valence-electron chi connectivity index (χ2n) is 8.16. The van der Waals surface area contributed by atoms with E-state index in [1.54, 1.807) is 7.11 Å². The molecule has 7 nitrogen and oxygen atoms in total. The molecule has 1 fully saturated rings. The summed E-state index contributed by atoms with van der Waals surface area (Å²) in [5, 5.41) is 0. The summed E-state index contributed by atoms with van der Waals surface area (Å²) < 4.78 is 13.9. The van der Waals surface area contributed by atoms with Crippen molar-refractivity contribution < 1.29 is 9.47 Å². The summed E-state index contributed by atoms with van der Waals surface area (Å²) in [6.07, 6.45) is 6.80. The Balaban J connectivity index is 1.70. The fraction of sp³-hybridized carbons (Fsp3) is 0.522. The standard InChI is InChI=1S/C23H31N5O2/c1-5-24-22-20-23(27-21(26-20)15(2)3)28(14-25-22)13-16-10-11-18(29-4)19(12-16)30-17-8-6-7-9-17/h10-12,14-15,17H,5-9,13H2,1-4H3,(H,26,27). The Labute approximate surface area is 177 Å². The van der Waals surface area contributed by atoms with E-state index >= 15 is 0 Å². The quantitative estimate of drug-likeness (QED) is 0.635. The SMILES string of the molecule is CCN=c1ncn(Cc2ccc(OC)c(OC3CCCC3)c2)c2nc(C(C)C)[nH]c12. The molecule has 2 aromatic heterocycles. The number of aromatic nitrogens is 4. The van der Waals surface area contributed by atoms with Gasteiger partial charge in [0.05, 0.1) is 26.1 Å². The zero-order chi connectivity index (χ0) is 21.1. The minimum absolute atomic E-state index is 0.282. The number of hydrogen-bond acceptors (Lipinski definition) is 5. The molecule has 1 aliphatic carbocycles. The van der Waals surface area contributed by atoms with E-state index in [1.165, 1.54) is 12.8 Å². The molecule has 160 valence electrons. The fourth-order valence-corrected chi connectivity index (χ4v) is 3.94. The minimum atomic E-state index is 0.282. The highest BCUT2D eigenvalue weighted by Crippen LogP contribution is 2.32. The van der Waals surface area contributed by atoms with Crippen molar-refractivity contribution in [3.63, 3.8) is 0 Å². The maximum atomic E-state index is 6.26. The highest BCUT2D eigenvalue weighted by Gasteiger charge is 2.19. The smallest absolute Gasteiger partial charge is 0.176 e. The molecule has 1 aromatic carbocycles. The molecule has 1 saturated carbocycles. The maximum Gasteiger partial charge on any atom is 0.176 e. The van der Waals surface area contributed by atoms with Gasteiger partial charge in [-0.05, 0) is 50.3 Å². The Morgan fingerprint density at radius 3 is 2.73 bits per heavy atom. The van der Waals surface area contributed by atoms with Gasteiger partial charge in [0.1, 0.15) is 11.3 Å². The molecule has 7 heteroatoms. The van der Waals surface area contributed by atoms with Crippen molar-refractivity contribution in [3.8, 4) is 11.5 Å². The first-order valence-corrected chi connectivity index (χ1v) is 10.9. The Morgan fingerprint density at radius 2 is 2.03 bits per heavy atom. The van der Waals surface area contributed by atoms with E-state index < -0.39 is 0 Å². The first-order valence-electron chi connectivity index (χ1n) is 10.9. The van der Waals surface area contributed by atoms with Gasteiger partial charge in [0.2, 0.25) is 0 Å². The van der Waals surface area contributed by atoms with Crippen molar-refractivity contribution in [2.24, 2.45) is 4.99 Å². The highest BCUT2D eigenvalue weighted by molar-refractivity contribution is 5.69. The molecule has 3 aromatic rings. The van der Waals surface area contributed by atoms with Crippen LogP contribution >= 0.6 is 0 Å². The Hall–Kier alpha value is -2.83. The van der Waals surface area contributed by atoms with Gasteiger partial charge in [-0.25, -0.2) is 9.97 Å². The first-order chi connectivity index (χ1) is 14.6. The van der Waals surface area contributed by atoms with Crippen molar-refractivity contribution in [2.75, 3.05) is 13.7 Å². The van der Waals surface area contributed by atoms with Crippen molar-refractivity contribution >= 4 is 11.2 Å². The zero-order valence-electron chi connectivity index (χ0n) is 18.3. The number of nitrogens with zero attached hydrogens (tertiary/aromatic N) is 4. The van der Waals surface area contributed by atoms with Crippen LogP contribution in [0.5, 0.6) is 11.5 Å². The van der Waals surface area contributed by atoms with Gasteiger partial charge in [0, 0.05) is 12.5 Å². The van der Waals surface area contributed by atoms with Crippen LogP contribution in [0.1, 0.15) is 63.8 Å². The zero-order valence-corrected chi connectivity index (χ0v) is 18.3.